The first-order valence-electron chi connectivity index (χ1n) is 6.88. The van der Waals surface area contributed by atoms with E-state index in [4.69, 9.17) is 5.11 Å². The number of nitrogens with one attached hydrogen (secondary N) is 1. The highest BCUT2D eigenvalue weighted by Gasteiger charge is 2.39. The van der Waals surface area contributed by atoms with Crippen LogP contribution in [-0.4, -0.2) is 51.8 Å². The molecule has 0 spiro atoms. The molecule has 0 saturated carbocycles. The molecule has 19 heavy (non-hydrogen) atoms. The van der Waals surface area contributed by atoms with Gasteiger partial charge in [0.1, 0.15) is 6.04 Å². The third-order valence-corrected chi connectivity index (χ3v) is 3.93. The Balaban J connectivity index is 2.64. The number of carbonyl (C=O) groups is 2. The van der Waals surface area contributed by atoms with E-state index in [1.54, 1.807) is 0 Å². The average Bonchev–Trinajstić information content (AvgIpc) is 2.73. The van der Waals surface area contributed by atoms with Crippen molar-refractivity contribution < 1.29 is 19.8 Å². The summed E-state index contributed by atoms with van der Waals surface area (Å²) in [4.78, 5) is 24.4. The fraction of sp³-hybridized carbons (Fsp3) is 0.846. The van der Waals surface area contributed by atoms with E-state index in [1.807, 2.05) is 6.92 Å². The van der Waals surface area contributed by atoms with Gasteiger partial charge in [-0.15, -0.1) is 0 Å². The lowest BCUT2D eigenvalue weighted by atomic mass is 9.96. The van der Waals surface area contributed by atoms with Gasteiger partial charge < -0.3 is 20.4 Å². The zero-order chi connectivity index (χ0) is 14.6. The molecule has 3 N–H and O–H groups in total. The molecular weight excluding hydrogens is 248 g/mol. The number of urea groups is 1. The summed E-state index contributed by atoms with van der Waals surface area (Å²) in [6, 6.07) is -1.33. The third-order valence-electron chi connectivity index (χ3n) is 3.93. The van der Waals surface area contributed by atoms with Crippen molar-refractivity contribution in [2.24, 2.45) is 5.92 Å². The maximum atomic E-state index is 12.1. The number of carbonyl (C=O) groups excluding carboxylic acids is 1. The van der Waals surface area contributed by atoms with Crippen LogP contribution in [0.25, 0.3) is 0 Å². The lowest BCUT2D eigenvalue weighted by Gasteiger charge is -2.27. The maximum absolute atomic E-state index is 12.1. The minimum absolute atomic E-state index is 0.00492. The van der Waals surface area contributed by atoms with Crippen molar-refractivity contribution in [1.29, 1.82) is 0 Å². The Bertz CT molecular complexity index is 331. The van der Waals surface area contributed by atoms with E-state index in [9.17, 15) is 14.7 Å². The maximum Gasteiger partial charge on any atom is 0.326 e. The van der Waals surface area contributed by atoms with E-state index in [0.29, 0.717) is 5.92 Å². The number of hydrogen-bond acceptors (Lipinski definition) is 3. The fourth-order valence-electron chi connectivity index (χ4n) is 2.66. The van der Waals surface area contributed by atoms with E-state index in [1.165, 1.54) is 4.90 Å². The minimum Gasteiger partial charge on any atom is -0.480 e. The molecule has 1 aliphatic rings. The Labute approximate surface area is 113 Å². The summed E-state index contributed by atoms with van der Waals surface area (Å²) in [6.07, 6.45) is 1.27. The van der Waals surface area contributed by atoms with Crippen LogP contribution in [0.5, 0.6) is 0 Å². The first kappa shape index (κ1) is 15.8. The lowest BCUT2D eigenvalue weighted by molar-refractivity contribution is -0.141. The number of hydrogen-bond donors (Lipinski definition) is 3. The van der Waals surface area contributed by atoms with Gasteiger partial charge in [0.2, 0.25) is 0 Å². The van der Waals surface area contributed by atoms with E-state index in [0.717, 1.165) is 12.8 Å². The second-order valence-electron chi connectivity index (χ2n) is 5.21. The van der Waals surface area contributed by atoms with Gasteiger partial charge in [0.25, 0.3) is 0 Å². The second-order valence-corrected chi connectivity index (χ2v) is 5.21. The van der Waals surface area contributed by atoms with Crippen molar-refractivity contribution in [3.8, 4) is 0 Å². The minimum atomic E-state index is -1.07. The predicted octanol–water partition coefficient (Wildman–Crippen LogP) is 1.04. The molecular formula is C13H24N2O4. The first-order chi connectivity index (χ1) is 8.90. The molecule has 0 bridgehead atoms. The van der Waals surface area contributed by atoms with Crippen molar-refractivity contribution >= 4 is 12.0 Å². The summed E-state index contributed by atoms with van der Waals surface area (Å²) in [7, 11) is 0. The largest absolute Gasteiger partial charge is 0.480 e. The number of aliphatic hydroxyl groups excluding tert-OH is 1. The van der Waals surface area contributed by atoms with Gasteiger partial charge >= 0.3 is 12.0 Å². The summed E-state index contributed by atoms with van der Waals surface area (Å²) >= 11 is 0. The van der Waals surface area contributed by atoms with Gasteiger partial charge in [-0.2, -0.15) is 0 Å². The molecule has 2 amide bonds. The number of nitrogens with zero attached hydrogens (tertiary/aromatic N) is 1. The predicted molar refractivity (Wildman–Crippen MR) is 70.8 cm³/mol. The van der Waals surface area contributed by atoms with Crippen molar-refractivity contribution in [3.63, 3.8) is 0 Å². The molecule has 0 aromatic rings. The molecule has 0 aliphatic carbocycles. The second kappa shape index (κ2) is 6.75. The Hall–Kier alpha value is -1.30. The summed E-state index contributed by atoms with van der Waals surface area (Å²) in [6.45, 7) is 6.14. The SMILES string of the molecule is CCC(CC)C(C)NC(=O)N1CC(O)C[C@H]1C(=O)O. The normalized spacial score (nSPS) is 24.6. The summed E-state index contributed by atoms with van der Waals surface area (Å²) in [5.74, 6) is -0.693. The van der Waals surface area contributed by atoms with E-state index in [-0.39, 0.29) is 19.0 Å². The quantitative estimate of drug-likeness (QED) is 0.697. The van der Waals surface area contributed by atoms with Gasteiger partial charge in [-0.25, -0.2) is 9.59 Å². The van der Waals surface area contributed by atoms with Crippen LogP contribution in [0.3, 0.4) is 0 Å². The van der Waals surface area contributed by atoms with Crippen LogP contribution in [-0.2, 0) is 4.79 Å². The van der Waals surface area contributed by atoms with E-state index >= 15 is 0 Å². The number of aliphatic carboxylic acids is 1. The molecule has 110 valence electrons. The van der Waals surface area contributed by atoms with Crippen LogP contribution in [0, 0.1) is 5.92 Å². The Morgan fingerprint density at radius 1 is 1.37 bits per heavy atom. The first-order valence-corrected chi connectivity index (χ1v) is 6.88. The van der Waals surface area contributed by atoms with Gasteiger partial charge in [-0.05, 0) is 12.8 Å². The molecule has 0 aromatic carbocycles. The number of carboxylic acid groups (broad SMARTS) is 1. The van der Waals surface area contributed by atoms with Crippen LogP contribution in [0.15, 0.2) is 0 Å². The highest BCUT2D eigenvalue weighted by atomic mass is 16.4. The topological polar surface area (TPSA) is 89.9 Å². The number of likely N-dealkylation sites (tertiary alicyclic amines) is 1. The third kappa shape index (κ3) is 3.83. The standard InChI is InChI=1S/C13H24N2O4/c1-4-9(5-2)8(3)14-13(19)15-7-10(16)6-11(15)12(17)18/h8-11,16H,4-7H2,1-3H3,(H,14,19)(H,17,18)/t8?,10?,11-/m0/s1. The number of amides is 2. The summed E-state index contributed by atoms with van der Waals surface area (Å²) in [5, 5.41) is 21.4. The molecule has 1 aliphatic heterocycles. The fourth-order valence-corrected chi connectivity index (χ4v) is 2.66. The average molecular weight is 272 g/mol. The number of carboxylic acids is 1. The highest BCUT2D eigenvalue weighted by Crippen LogP contribution is 2.19. The number of aliphatic hydroxyl groups is 1. The van der Waals surface area contributed by atoms with Crippen LogP contribution in [0.4, 0.5) is 4.79 Å². The van der Waals surface area contributed by atoms with E-state index < -0.39 is 24.1 Å². The van der Waals surface area contributed by atoms with Gasteiger partial charge in [0.05, 0.1) is 6.10 Å². The van der Waals surface area contributed by atoms with E-state index in [2.05, 4.69) is 19.2 Å². The van der Waals surface area contributed by atoms with Crippen molar-refractivity contribution in [1.82, 2.24) is 10.2 Å². The van der Waals surface area contributed by atoms with Gasteiger partial charge in [-0.3, -0.25) is 0 Å². The zero-order valence-corrected chi connectivity index (χ0v) is 11.8. The van der Waals surface area contributed by atoms with Crippen molar-refractivity contribution in [2.75, 3.05) is 6.54 Å². The number of rotatable bonds is 5. The smallest absolute Gasteiger partial charge is 0.326 e. The molecule has 6 nitrogen and oxygen atoms in total. The highest BCUT2D eigenvalue weighted by molar-refractivity contribution is 5.83. The van der Waals surface area contributed by atoms with Crippen molar-refractivity contribution in [2.45, 2.75) is 58.2 Å². The summed E-state index contributed by atoms with van der Waals surface area (Å²) in [5.41, 5.74) is 0. The lowest BCUT2D eigenvalue weighted by Crippen LogP contribution is -2.50. The molecule has 1 rings (SSSR count). The van der Waals surface area contributed by atoms with Crippen LogP contribution >= 0.6 is 0 Å². The molecule has 6 heteroatoms. The molecule has 2 unspecified atom stereocenters. The molecule has 0 aromatic heterocycles. The molecule has 1 saturated heterocycles. The van der Waals surface area contributed by atoms with Crippen LogP contribution in [0.1, 0.15) is 40.0 Å². The van der Waals surface area contributed by atoms with Gasteiger partial charge in [0.15, 0.2) is 0 Å². The van der Waals surface area contributed by atoms with Gasteiger partial charge in [0, 0.05) is 19.0 Å². The zero-order valence-electron chi connectivity index (χ0n) is 11.8. The monoisotopic (exact) mass is 272 g/mol. The van der Waals surface area contributed by atoms with Crippen LogP contribution in [0.2, 0.25) is 0 Å². The number of β-amino-alcohol motifs (C(OH)–C–C–N with tert-alkyl or cyclic N) is 1. The van der Waals surface area contributed by atoms with Crippen molar-refractivity contribution in [3.05, 3.63) is 0 Å². The van der Waals surface area contributed by atoms with Gasteiger partial charge in [-0.1, -0.05) is 26.7 Å². The Morgan fingerprint density at radius 3 is 2.42 bits per heavy atom. The molecule has 0 radical (unpaired) electrons. The molecule has 1 heterocycles. The Kier molecular flexibility index (Phi) is 5.60. The molecule has 3 atom stereocenters. The van der Waals surface area contributed by atoms with Crippen LogP contribution < -0.4 is 5.32 Å². The molecule has 1 fully saturated rings. The Morgan fingerprint density at radius 2 is 1.95 bits per heavy atom. The summed E-state index contributed by atoms with van der Waals surface area (Å²) < 4.78 is 0.